The molecule has 10 nitrogen and oxygen atoms in total. The Morgan fingerprint density at radius 1 is 1.20 bits per heavy atom. The summed E-state index contributed by atoms with van der Waals surface area (Å²) in [6.07, 6.45) is 6.61. The van der Waals surface area contributed by atoms with Crippen molar-refractivity contribution < 1.29 is 28.1 Å². The highest BCUT2D eigenvalue weighted by molar-refractivity contribution is 6.00. The number of aromatic amines is 2. The fraction of sp³-hybridized carbons (Fsp3) is 0.487. The molecule has 2 fully saturated rings. The molecule has 1 amide bonds. The molecule has 0 bridgehead atoms. The average molecular weight is 692 g/mol. The number of hydrogen-bond acceptors (Lipinski definition) is 7. The van der Waals surface area contributed by atoms with E-state index >= 15 is 4.39 Å². The van der Waals surface area contributed by atoms with Crippen molar-refractivity contribution in [1.29, 1.82) is 0 Å². The predicted octanol–water partition coefficient (Wildman–Crippen LogP) is 7.35. The number of hydrogen-bond donors (Lipinski definition) is 3. The minimum Gasteiger partial charge on any atom is -0.493 e. The molecule has 50 heavy (non-hydrogen) atoms. The monoisotopic (exact) mass is 691 g/mol. The van der Waals surface area contributed by atoms with Gasteiger partial charge in [0.1, 0.15) is 5.76 Å². The van der Waals surface area contributed by atoms with E-state index in [4.69, 9.17) is 18.9 Å². The molecule has 1 saturated heterocycles. The van der Waals surface area contributed by atoms with Crippen LogP contribution in [0.15, 0.2) is 76.0 Å². The Morgan fingerprint density at radius 3 is 2.48 bits per heavy atom. The standard InChI is InChI=1S/C24H28FN3O3.C10H19NO2.C5H7N/c1-6-9-30-23-15-11-14(15)22(26-3)17(12-20(23)29-5)24(27-4)31-19-8-7-18-16(21(19)25)10-13(2)28-18;1-4-11(9(2)12)6-5-10(3)7-13-8-10;1-5-3-2-4-6-5/h7-8,10,12,15,26,28H,6,9,11H2,1-5H3;4-8H2,1-3H3;2-4,6H,1H3/t15-;;/m1../s1. The lowest BCUT2D eigenvalue weighted by atomic mass is 9.85. The SMILES string of the molecule is CCCOC1=C(OC)C=C(C(=NC)Oc2ccc3[nH]c(C)cc3c2F)C(NC)=C2C[C@H]21.CCN(CCC1(C)COC1)C(C)=O.Cc1ccc[nH]1. The summed E-state index contributed by atoms with van der Waals surface area (Å²) in [5, 5.41) is 3.76. The molecule has 3 aromatic rings. The second-order valence-corrected chi connectivity index (χ2v) is 13.2. The van der Waals surface area contributed by atoms with Crippen molar-refractivity contribution in [2.75, 3.05) is 54.1 Å². The van der Waals surface area contributed by atoms with E-state index in [0.29, 0.717) is 34.6 Å². The number of nitrogens with one attached hydrogen (secondary N) is 3. The highest BCUT2D eigenvalue weighted by Gasteiger charge is 2.43. The maximum atomic E-state index is 15.1. The van der Waals surface area contributed by atoms with Crippen LogP contribution in [0.3, 0.4) is 0 Å². The van der Waals surface area contributed by atoms with Gasteiger partial charge in [0.25, 0.3) is 0 Å². The smallest absolute Gasteiger partial charge is 0.224 e. The third-order valence-electron chi connectivity index (χ3n) is 8.99. The molecule has 1 saturated carbocycles. The molecule has 11 heteroatoms. The Bertz CT molecular complexity index is 1730. The van der Waals surface area contributed by atoms with Gasteiger partial charge < -0.3 is 39.1 Å². The molecule has 3 N–H and O–H groups in total. The summed E-state index contributed by atoms with van der Waals surface area (Å²) in [5.41, 5.74) is 5.98. The lowest BCUT2D eigenvalue weighted by Crippen LogP contribution is -2.43. The number of rotatable bonds is 11. The average Bonchev–Trinajstić information content (AvgIpc) is 3.55. The Hall–Kier alpha value is -4.51. The molecule has 0 spiro atoms. The first-order valence-electron chi connectivity index (χ1n) is 17.4. The molecule has 1 atom stereocenters. The normalized spacial score (nSPS) is 17.6. The summed E-state index contributed by atoms with van der Waals surface area (Å²) in [4.78, 5) is 23.4. The van der Waals surface area contributed by atoms with Crippen LogP contribution in [-0.2, 0) is 19.0 Å². The minimum atomic E-state index is -0.422. The zero-order valence-electron chi connectivity index (χ0n) is 31.1. The second kappa shape index (κ2) is 17.4. The molecular weight excluding hydrogens is 637 g/mol. The number of allylic oxidation sites excluding steroid dienone is 2. The Labute approximate surface area is 295 Å². The van der Waals surface area contributed by atoms with Crippen LogP contribution in [0.1, 0.15) is 58.3 Å². The van der Waals surface area contributed by atoms with Crippen molar-refractivity contribution >= 4 is 22.7 Å². The van der Waals surface area contributed by atoms with Crippen molar-refractivity contribution in [3.8, 4) is 5.75 Å². The van der Waals surface area contributed by atoms with E-state index in [-0.39, 0.29) is 17.6 Å². The van der Waals surface area contributed by atoms with E-state index in [1.165, 1.54) is 11.3 Å². The maximum absolute atomic E-state index is 15.1. The summed E-state index contributed by atoms with van der Waals surface area (Å²) in [6.45, 7) is 15.8. The summed E-state index contributed by atoms with van der Waals surface area (Å²) < 4.78 is 38.0. The van der Waals surface area contributed by atoms with Crippen molar-refractivity contribution in [3.05, 3.63) is 88.2 Å². The molecule has 272 valence electrons. The molecule has 2 aromatic heterocycles. The van der Waals surface area contributed by atoms with Gasteiger partial charge in [0.05, 0.1) is 32.5 Å². The van der Waals surface area contributed by atoms with Crippen LogP contribution in [0.5, 0.6) is 5.75 Å². The Kier molecular flexibility index (Phi) is 13.3. The van der Waals surface area contributed by atoms with E-state index < -0.39 is 5.82 Å². The molecule has 2 aliphatic carbocycles. The molecule has 6 rings (SSSR count). The van der Waals surface area contributed by atoms with Crippen LogP contribution in [-0.4, -0.2) is 80.8 Å². The van der Waals surface area contributed by atoms with E-state index in [9.17, 15) is 4.79 Å². The number of benzene rings is 1. The number of methoxy groups -OCH3 is 1. The first kappa shape index (κ1) is 38.3. The molecule has 0 radical (unpaired) electrons. The van der Waals surface area contributed by atoms with Crippen LogP contribution < -0.4 is 10.1 Å². The molecule has 1 aliphatic heterocycles. The number of halogens is 1. The van der Waals surface area contributed by atoms with Gasteiger partial charge in [-0.05, 0) is 82.0 Å². The zero-order valence-corrected chi connectivity index (χ0v) is 31.1. The molecule has 0 unspecified atom stereocenters. The molecule has 1 aromatic carbocycles. The summed E-state index contributed by atoms with van der Waals surface area (Å²) in [7, 11) is 5.11. The van der Waals surface area contributed by atoms with E-state index in [0.717, 1.165) is 68.2 Å². The number of fused-ring (bicyclic) bond motifs is 2. The number of aryl methyl sites for hydroxylation is 2. The zero-order chi connectivity index (χ0) is 36.4. The first-order chi connectivity index (χ1) is 24.0. The number of carbonyl (C=O) groups excluding carboxylic acids is 1. The van der Waals surface area contributed by atoms with E-state index in [1.807, 2.05) is 57.1 Å². The fourth-order valence-corrected chi connectivity index (χ4v) is 5.96. The first-order valence-corrected chi connectivity index (χ1v) is 17.4. The van der Waals surface area contributed by atoms with Gasteiger partial charge in [-0.1, -0.05) is 13.8 Å². The molecule has 3 aliphatic rings. The summed E-state index contributed by atoms with van der Waals surface area (Å²) in [6, 6.07) is 9.20. The number of nitrogens with zero attached hydrogens (tertiary/aromatic N) is 2. The van der Waals surface area contributed by atoms with Gasteiger partial charge in [0.15, 0.2) is 17.3 Å². The maximum Gasteiger partial charge on any atom is 0.224 e. The van der Waals surface area contributed by atoms with E-state index in [2.05, 4.69) is 34.1 Å². The number of likely N-dealkylation sites (N-methyl/N-ethyl adjacent to an activating group) is 1. The van der Waals surface area contributed by atoms with Gasteiger partial charge in [-0.2, -0.15) is 0 Å². The predicted molar refractivity (Wildman–Crippen MR) is 197 cm³/mol. The van der Waals surface area contributed by atoms with Gasteiger partial charge in [0, 0.05) is 79.6 Å². The van der Waals surface area contributed by atoms with E-state index in [1.54, 1.807) is 39.3 Å². The van der Waals surface area contributed by atoms with Crippen molar-refractivity contribution in [1.82, 2.24) is 20.2 Å². The van der Waals surface area contributed by atoms with Crippen molar-refractivity contribution in [3.63, 3.8) is 0 Å². The van der Waals surface area contributed by atoms with Gasteiger partial charge in [-0.15, -0.1) is 0 Å². The molecular formula is C39H54FN5O5. The summed E-state index contributed by atoms with van der Waals surface area (Å²) in [5.74, 6) is 1.81. The topological polar surface area (TPSA) is 113 Å². The Balaban J connectivity index is 0.000000241. The van der Waals surface area contributed by atoms with Gasteiger partial charge in [0.2, 0.25) is 11.8 Å². The highest BCUT2D eigenvalue weighted by Crippen LogP contribution is 2.50. The van der Waals surface area contributed by atoms with Gasteiger partial charge >= 0.3 is 0 Å². The minimum absolute atomic E-state index is 0.121. The lowest BCUT2D eigenvalue weighted by Gasteiger charge is -2.39. The second-order valence-electron chi connectivity index (χ2n) is 13.2. The number of carbonyl (C=O) groups is 1. The summed E-state index contributed by atoms with van der Waals surface area (Å²) >= 11 is 0. The molecule has 3 heterocycles. The fourth-order valence-electron chi connectivity index (χ4n) is 5.96. The van der Waals surface area contributed by atoms with Gasteiger partial charge in [-0.3, -0.25) is 9.79 Å². The number of amides is 1. The Morgan fingerprint density at radius 2 is 1.96 bits per heavy atom. The number of aliphatic imine (C=N–C) groups is 1. The van der Waals surface area contributed by atoms with Crippen LogP contribution in [0.25, 0.3) is 10.9 Å². The highest BCUT2D eigenvalue weighted by atomic mass is 19.1. The largest absolute Gasteiger partial charge is 0.493 e. The van der Waals surface area contributed by atoms with Crippen molar-refractivity contribution in [2.24, 2.45) is 16.3 Å². The van der Waals surface area contributed by atoms with Crippen molar-refractivity contribution in [2.45, 2.75) is 60.8 Å². The number of H-pyrrole nitrogens is 2. The van der Waals surface area contributed by atoms with Crippen LogP contribution in [0.4, 0.5) is 4.39 Å². The van der Waals surface area contributed by atoms with Crippen LogP contribution in [0, 0.1) is 31.0 Å². The number of ether oxygens (including phenoxy) is 4. The van der Waals surface area contributed by atoms with Crippen LogP contribution >= 0.6 is 0 Å². The van der Waals surface area contributed by atoms with Crippen LogP contribution in [0.2, 0.25) is 0 Å². The number of aromatic nitrogens is 2. The third-order valence-corrected chi connectivity index (χ3v) is 8.99. The quantitative estimate of drug-likeness (QED) is 0.143. The van der Waals surface area contributed by atoms with Gasteiger partial charge in [-0.25, -0.2) is 4.39 Å². The lowest BCUT2D eigenvalue weighted by molar-refractivity contribution is -0.132. The third kappa shape index (κ3) is 9.38.